The number of carbonyl (C=O) groups is 1. The fourth-order valence-electron chi connectivity index (χ4n) is 2.62. The number of pyridine rings is 1. The van der Waals surface area contributed by atoms with E-state index in [0.29, 0.717) is 39.1 Å². The van der Waals surface area contributed by atoms with Crippen LogP contribution in [0.1, 0.15) is 18.4 Å². The monoisotopic (exact) mass is 292 g/mol. The Morgan fingerprint density at radius 3 is 2.81 bits per heavy atom. The molecule has 2 heterocycles. The molecule has 0 saturated carbocycles. The Balaban J connectivity index is 2.04. The minimum atomic E-state index is -0.487. The maximum absolute atomic E-state index is 12.5. The van der Waals surface area contributed by atoms with E-state index in [9.17, 15) is 4.79 Å². The summed E-state index contributed by atoms with van der Waals surface area (Å²) in [5.74, 6) is 0.883. The van der Waals surface area contributed by atoms with Crippen LogP contribution in [-0.2, 0) is 16.1 Å². The third-order valence-corrected chi connectivity index (χ3v) is 4.05. The smallest absolute Gasteiger partial charge is 0.227 e. The van der Waals surface area contributed by atoms with Gasteiger partial charge in [0.1, 0.15) is 5.82 Å². The van der Waals surface area contributed by atoms with E-state index in [2.05, 4.69) is 10.3 Å². The van der Waals surface area contributed by atoms with E-state index in [1.54, 1.807) is 6.20 Å². The van der Waals surface area contributed by atoms with Crippen LogP contribution in [0.4, 0.5) is 5.82 Å². The van der Waals surface area contributed by atoms with Gasteiger partial charge in [-0.3, -0.25) is 4.79 Å². The van der Waals surface area contributed by atoms with Crippen LogP contribution >= 0.6 is 0 Å². The van der Waals surface area contributed by atoms with Crippen LogP contribution in [0.3, 0.4) is 0 Å². The number of rotatable bonds is 5. The highest BCUT2D eigenvalue weighted by molar-refractivity contribution is 5.83. The zero-order valence-electron chi connectivity index (χ0n) is 12.8. The van der Waals surface area contributed by atoms with Crippen LogP contribution in [0.15, 0.2) is 18.3 Å². The van der Waals surface area contributed by atoms with Gasteiger partial charge in [-0.05, 0) is 18.9 Å². The quantitative estimate of drug-likeness (QED) is 0.827. The summed E-state index contributed by atoms with van der Waals surface area (Å²) in [5.41, 5.74) is 6.36. The molecule has 0 atom stereocenters. The Hall–Kier alpha value is -1.66. The Morgan fingerprint density at radius 1 is 1.48 bits per heavy atom. The zero-order valence-corrected chi connectivity index (χ0v) is 12.8. The highest BCUT2D eigenvalue weighted by Gasteiger charge is 2.38. The van der Waals surface area contributed by atoms with Crippen molar-refractivity contribution in [2.45, 2.75) is 19.4 Å². The summed E-state index contributed by atoms with van der Waals surface area (Å²) in [5, 5.41) is 3.01. The molecule has 1 aromatic rings. The van der Waals surface area contributed by atoms with Gasteiger partial charge in [-0.15, -0.1) is 0 Å². The predicted octanol–water partition coefficient (Wildman–Crippen LogP) is 0.519. The Labute approximate surface area is 125 Å². The summed E-state index contributed by atoms with van der Waals surface area (Å²) in [6.45, 7) is 2.01. The average Bonchev–Trinajstić information content (AvgIpc) is 2.53. The van der Waals surface area contributed by atoms with E-state index in [4.69, 9.17) is 10.5 Å². The second-order valence-electron chi connectivity index (χ2n) is 5.66. The van der Waals surface area contributed by atoms with Crippen molar-refractivity contribution in [1.29, 1.82) is 0 Å². The minimum Gasteiger partial charge on any atom is -0.381 e. The van der Waals surface area contributed by atoms with E-state index in [0.717, 1.165) is 11.4 Å². The number of hydrogen-bond donors (Lipinski definition) is 2. The predicted molar refractivity (Wildman–Crippen MR) is 82.0 cm³/mol. The zero-order chi connectivity index (χ0) is 15.3. The molecular formula is C15H24N4O2. The molecule has 1 amide bonds. The first-order chi connectivity index (χ1) is 10.1. The average molecular weight is 292 g/mol. The van der Waals surface area contributed by atoms with Crippen LogP contribution in [0.2, 0.25) is 0 Å². The molecule has 116 valence electrons. The van der Waals surface area contributed by atoms with Crippen LogP contribution < -0.4 is 16.0 Å². The molecule has 1 aromatic heterocycles. The van der Waals surface area contributed by atoms with Crippen LogP contribution in [0.5, 0.6) is 0 Å². The summed E-state index contributed by atoms with van der Waals surface area (Å²) in [4.78, 5) is 18.8. The molecule has 1 aliphatic rings. The van der Waals surface area contributed by atoms with E-state index >= 15 is 0 Å². The molecule has 0 spiro atoms. The van der Waals surface area contributed by atoms with Gasteiger partial charge in [0.05, 0.1) is 5.41 Å². The molecule has 0 radical (unpaired) electrons. The molecule has 2 rings (SSSR count). The normalized spacial score (nSPS) is 17.3. The number of aromatic nitrogens is 1. The third-order valence-electron chi connectivity index (χ3n) is 4.05. The van der Waals surface area contributed by atoms with Gasteiger partial charge < -0.3 is 20.7 Å². The Morgan fingerprint density at radius 2 is 2.19 bits per heavy atom. The lowest BCUT2D eigenvalue weighted by atomic mass is 9.79. The Kier molecular flexibility index (Phi) is 5.14. The largest absolute Gasteiger partial charge is 0.381 e. The number of nitrogens with zero attached hydrogens (tertiary/aromatic N) is 2. The lowest BCUT2D eigenvalue weighted by Gasteiger charge is -2.34. The maximum Gasteiger partial charge on any atom is 0.227 e. The van der Waals surface area contributed by atoms with Gasteiger partial charge in [0.2, 0.25) is 5.91 Å². The van der Waals surface area contributed by atoms with Crippen LogP contribution in [0.25, 0.3) is 0 Å². The number of ether oxygens (including phenoxy) is 1. The second-order valence-corrected chi connectivity index (χ2v) is 5.66. The topological polar surface area (TPSA) is 80.5 Å². The van der Waals surface area contributed by atoms with Crippen molar-refractivity contribution >= 4 is 11.7 Å². The molecule has 0 bridgehead atoms. The van der Waals surface area contributed by atoms with E-state index in [-0.39, 0.29) is 5.91 Å². The van der Waals surface area contributed by atoms with Gasteiger partial charge in [-0.2, -0.15) is 0 Å². The SMILES string of the molecule is CN(C)c1ncccc1CNC(=O)C1(CN)CCOCC1. The lowest BCUT2D eigenvalue weighted by molar-refractivity contribution is -0.136. The fraction of sp³-hybridized carbons (Fsp3) is 0.600. The summed E-state index contributed by atoms with van der Waals surface area (Å²) < 4.78 is 5.34. The van der Waals surface area contributed by atoms with Gasteiger partial charge in [0, 0.05) is 52.2 Å². The molecule has 6 heteroatoms. The first-order valence-electron chi connectivity index (χ1n) is 7.26. The maximum atomic E-state index is 12.5. The van der Waals surface area contributed by atoms with Gasteiger partial charge in [0.25, 0.3) is 0 Å². The summed E-state index contributed by atoms with van der Waals surface area (Å²) in [6.07, 6.45) is 3.12. The number of nitrogens with one attached hydrogen (secondary N) is 1. The van der Waals surface area contributed by atoms with Crippen molar-refractivity contribution in [2.75, 3.05) is 38.8 Å². The summed E-state index contributed by atoms with van der Waals surface area (Å²) in [7, 11) is 3.88. The van der Waals surface area contributed by atoms with E-state index < -0.39 is 5.41 Å². The molecule has 3 N–H and O–H groups in total. The van der Waals surface area contributed by atoms with Crippen molar-refractivity contribution in [3.05, 3.63) is 23.9 Å². The van der Waals surface area contributed by atoms with Crippen molar-refractivity contribution in [3.63, 3.8) is 0 Å². The molecule has 1 fully saturated rings. The molecule has 1 saturated heterocycles. The van der Waals surface area contributed by atoms with Gasteiger partial charge in [-0.1, -0.05) is 6.07 Å². The first kappa shape index (κ1) is 15.7. The van der Waals surface area contributed by atoms with Crippen LogP contribution in [-0.4, -0.2) is 44.7 Å². The van der Waals surface area contributed by atoms with Gasteiger partial charge >= 0.3 is 0 Å². The lowest BCUT2D eigenvalue weighted by Crippen LogP contribution is -2.49. The van der Waals surface area contributed by atoms with Crippen molar-refractivity contribution in [2.24, 2.45) is 11.1 Å². The minimum absolute atomic E-state index is 0.0156. The highest BCUT2D eigenvalue weighted by Crippen LogP contribution is 2.29. The first-order valence-corrected chi connectivity index (χ1v) is 7.26. The molecule has 21 heavy (non-hydrogen) atoms. The fourth-order valence-corrected chi connectivity index (χ4v) is 2.62. The molecule has 0 aromatic carbocycles. The molecule has 0 aliphatic carbocycles. The summed E-state index contributed by atoms with van der Waals surface area (Å²) >= 11 is 0. The van der Waals surface area contributed by atoms with Gasteiger partial charge in [-0.25, -0.2) is 4.98 Å². The molecule has 6 nitrogen and oxygen atoms in total. The second kappa shape index (κ2) is 6.87. The third kappa shape index (κ3) is 3.51. The molecular weight excluding hydrogens is 268 g/mol. The summed E-state index contributed by atoms with van der Waals surface area (Å²) in [6, 6.07) is 3.85. The van der Waals surface area contributed by atoms with Crippen LogP contribution in [0, 0.1) is 5.41 Å². The number of anilines is 1. The number of carbonyl (C=O) groups excluding carboxylic acids is 1. The number of nitrogens with two attached hydrogens (primary N) is 1. The molecule has 1 aliphatic heterocycles. The molecule has 0 unspecified atom stereocenters. The highest BCUT2D eigenvalue weighted by atomic mass is 16.5. The number of hydrogen-bond acceptors (Lipinski definition) is 5. The standard InChI is InChI=1S/C15H24N4O2/c1-19(2)13-12(4-3-7-17-13)10-18-14(20)15(11-16)5-8-21-9-6-15/h3-4,7H,5-6,8-11,16H2,1-2H3,(H,18,20). The van der Waals surface area contributed by atoms with E-state index in [1.165, 1.54) is 0 Å². The van der Waals surface area contributed by atoms with Gasteiger partial charge in [0.15, 0.2) is 0 Å². The van der Waals surface area contributed by atoms with Crippen molar-refractivity contribution in [3.8, 4) is 0 Å². The van der Waals surface area contributed by atoms with Crippen molar-refractivity contribution < 1.29 is 9.53 Å². The van der Waals surface area contributed by atoms with E-state index in [1.807, 2.05) is 31.1 Å². The number of amides is 1. The van der Waals surface area contributed by atoms with Crippen molar-refractivity contribution in [1.82, 2.24) is 10.3 Å². The Bertz CT molecular complexity index is 484.